The van der Waals surface area contributed by atoms with E-state index in [4.69, 9.17) is 11.6 Å². The molecule has 0 radical (unpaired) electrons. The average molecular weight is 311 g/mol. The van der Waals surface area contributed by atoms with Gasteiger partial charge in [0, 0.05) is 23.5 Å². The van der Waals surface area contributed by atoms with E-state index in [-0.39, 0.29) is 0 Å². The summed E-state index contributed by atoms with van der Waals surface area (Å²) in [5, 5.41) is 13.0. The fourth-order valence-electron chi connectivity index (χ4n) is 1.70. The van der Waals surface area contributed by atoms with Gasteiger partial charge in [0.2, 0.25) is 0 Å². The maximum absolute atomic E-state index is 6.33. The molecule has 0 spiro atoms. The lowest BCUT2D eigenvalue weighted by molar-refractivity contribution is 0.552. The summed E-state index contributed by atoms with van der Waals surface area (Å²) >= 11 is 7.89. The molecule has 0 aliphatic heterocycles. The molecule has 1 N–H and O–H groups in total. The minimum atomic E-state index is 0.638. The van der Waals surface area contributed by atoms with Crippen molar-refractivity contribution in [3.63, 3.8) is 0 Å². The lowest BCUT2D eigenvalue weighted by Gasteiger charge is -2.10. The van der Waals surface area contributed by atoms with Crippen LogP contribution in [-0.2, 0) is 13.6 Å². The summed E-state index contributed by atoms with van der Waals surface area (Å²) in [6.07, 6.45) is 1.69. The molecule has 0 atom stereocenters. The molecule has 1 aromatic heterocycles. The zero-order valence-corrected chi connectivity index (χ0v) is 13.5. The second-order valence-electron chi connectivity index (χ2n) is 5.10. The van der Waals surface area contributed by atoms with Crippen molar-refractivity contribution >= 4 is 23.4 Å². The predicted octanol–water partition coefficient (Wildman–Crippen LogP) is 3.37. The van der Waals surface area contributed by atoms with Crippen LogP contribution in [0.1, 0.15) is 19.4 Å². The fourth-order valence-corrected chi connectivity index (χ4v) is 2.82. The predicted molar refractivity (Wildman–Crippen MR) is 83.1 cm³/mol. The molecular formula is C14H19ClN4S. The number of rotatable bonds is 6. The molecule has 0 amide bonds. The molecule has 2 rings (SSSR count). The Kier molecular flexibility index (Phi) is 5.46. The first-order chi connectivity index (χ1) is 9.56. The highest BCUT2D eigenvalue weighted by atomic mass is 35.5. The van der Waals surface area contributed by atoms with E-state index in [1.807, 2.05) is 17.7 Å². The van der Waals surface area contributed by atoms with E-state index in [0.717, 1.165) is 33.7 Å². The van der Waals surface area contributed by atoms with Crippen LogP contribution >= 0.6 is 23.4 Å². The van der Waals surface area contributed by atoms with E-state index >= 15 is 0 Å². The SMILES string of the molecule is CC(C)CNCc1ccc(Sc2nncn2C)cc1Cl. The third kappa shape index (κ3) is 4.23. The normalized spacial score (nSPS) is 11.2. The highest BCUT2D eigenvalue weighted by Crippen LogP contribution is 2.29. The average Bonchev–Trinajstić information content (AvgIpc) is 2.77. The molecule has 4 nitrogen and oxygen atoms in total. The third-order valence-corrected chi connectivity index (χ3v) is 4.17. The van der Waals surface area contributed by atoms with Gasteiger partial charge in [-0.2, -0.15) is 0 Å². The minimum Gasteiger partial charge on any atom is -0.312 e. The van der Waals surface area contributed by atoms with Crippen LogP contribution in [0.5, 0.6) is 0 Å². The molecule has 0 saturated carbocycles. The highest BCUT2D eigenvalue weighted by molar-refractivity contribution is 7.99. The fraction of sp³-hybridized carbons (Fsp3) is 0.429. The van der Waals surface area contributed by atoms with Gasteiger partial charge in [-0.1, -0.05) is 31.5 Å². The summed E-state index contributed by atoms with van der Waals surface area (Å²) in [7, 11) is 1.92. The molecule has 0 unspecified atom stereocenters. The molecule has 0 aliphatic carbocycles. The maximum Gasteiger partial charge on any atom is 0.195 e. The zero-order chi connectivity index (χ0) is 14.5. The van der Waals surface area contributed by atoms with Crippen LogP contribution in [0.4, 0.5) is 0 Å². The van der Waals surface area contributed by atoms with Crippen molar-refractivity contribution in [3.05, 3.63) is 35.1 Å². The first-order valence-corrected chi connectivity index (χ1v) is 7.76. The third-order valence-electron chi connectivity index (χ3n) is 2.77. The van der Waals surface area contributed by atoms with E-state index in [1.165, 1.54) is 0 Å². The molecule has 2 aromatic rings. The Balaban J connectivity index is 2.00. The topological polar surface area (TPSA) is 42.7 Å². The van der Waals surface area contributed by atoms with Crippen LogP contribution in [0, 0.1) is 5.92 Å². The van der Waals surface area contributed by atoms with Gasteiger partial charge in [0.25, 0.3) is 0 Å². The van der Waals surface area contributed by atoms with Crippen LogP contribution in [0.2, 0.25) is 5.02 Å². The monoisotopic (exact) mass is 310 g/mol. The molecule has 0 fully saturated rings. The molecule has 0 aliphatic rings. The molecule has 0 bridgehead atoms. The van der Waals surface area contributed by atoms with Crippen molar-refractivity contribution in [2.24, 2.45) is 13.0 Å². The van der Waals surface area contributed by atoms with E-state index in [1.54, 1.807) is 18.1 Å². The molecule has 1 heterocycles. The number of aryl methyl sites for hydroxylation is 1. The zero-order valence-electron chi connectivity index (χ0n) is 11.9. The Hall–Kier alpha value is -1.04. The summed E-state index contributed by atoms with van der Waals surface area (Å²) in [5.74, 6) is 0.638. The van der Waals surface area contributed by atoms with Crippen molar-refractivity contribution in [3.8, 4) is 0 Å². The summed E-state index contributed by atoms with van der Waals surface area (Å²) in [4.78, 5) is 1.07. The summed E-state index contributed by atoms with van der Waals surface area (Å²) in [5.41, 5.74) is 1.12. The number of nitrogens with zero attached hydrogens (tertiary/aromatic N) is 3. The summed E-state index contributed by atoms with van der Waals surface area (Å²) < 4.78 is 1.89. The van der Waals surface area contributed by atoms with Gasteiger partial charge in [-0.05, 0) is 41.9 Å². The van der Waals surface area contributed by atoms with E-state index in [9.17, 15) is 0 Å². The number of nitrogens with one attached hydrogen (secondary N) is 1. The first-order valence-electron chi connectivity index (χ1n) is 6.57. The van der Waals surface area contributed by atoms with E-state index < -0.39 is 0 Å². The van der Waals surface area contributed by atoms with Gasteiger partial charge in [-0.3, -0.25) is 0 Å². The molecule has 1 aromatic carbocycles. The molecule has 20 heavy (non-hydrogen) atoms. The Morgan fingerprint density at radius 2 is 2.20 bits per heavy atom. The Morgan fingerprint density at radius 3 is 2.80 bits per heavy atom. The highest BCUT2D eigenvalue weighted by Gasteiger charge is 2.07. The summed E-state index contributed by atoms with van der Waals surface area (Å²) in [6, 6.07) is 6.11. The smallest absolute Gasteiger partial charge is 0.195 e. The maximum atomic E-state index is 6.33. The number of benzene rings is 1. The number of aromatic nitrogens is 3. The van der Waals surface area contributed by atoms with Crippen molar-refractivity contribution < 1.29 is 0 Å². The van der Waals surface area contributed by atoms with Crippen molar-refractivity contribution in [2.45, 2.75) is 30.4 Å². The Labute approximate surface area is 128 Å². The second kappa shape index (κ2) is 7.11. The molecule has 108 valence electrons. The Bertz CT molecular complexity index is 568. The quantitative estimate of drug-likeness (QED) is 0.888. The van der Waals surface area contributed by atoms with Crippen molar-refractivity contribution in [1.82, 2.24) is 20.1 Å². The lowest BCUT2D eigenvalue weighted by atomic mass is 10.2. The summed E-state index contributed by atoms with van der Waals surface area (Å²) in [6.45, 7) is 6.17. The first kappa shape index (κ1) is 15.4. The van der Waals surface area contributed by atoms with Gasteiger partial charge in [0.05, 0.1) is 0 Å². The largest absolute Gasteiger partial charge is 0.312 e. The molecule has 6 heteroatoms. The standard InChI is InChI=1S/C14H19ClN4S/c1-10(2)7-16-8-11-4-5-12(6-13(11)15)20-14-18-17-9-19(14)3/h4-6,9-10,16H,7-8H2,1-3H3. The second-order valence-corrected chi connectivity index (χ2v) is 6.55. The number of halogens is 1. The van der Waals surface area contributed by atoms with Crippen LogP contribution in [-0.4, -0.2) is 21.3 Å². The number of hydrogen-bond acceptors (Lipinski definition) is 4. The van der Waals surface area contributed by atoms with E-state index in [0.29, 0.717) is 5.92 Å². The van der Waals surface area contributed by atoms with Gasteiger partial charge < -0.3 is 9.88 Å². The van der Waals surface area contributed by atoms with Crippen molar-refractivity contribution in [2.75, 3.05) is 6.54 Å². The van der Waals surface area contributed by atoms with Gasteiger partial charge in [-0.25, -0.2) is 0 Å². The lowest BCUT2D eigenvalue weighted by Crippen LogP contribution is -2.19. The van der Waals surface area contributed by atoms with Gasteiger partial charge >= 0.3 is 0 Å². The van der Waals surface area contributed by atoms with Crippen LogP contribution < -0.4 is 5.32 Å². The van der Waals surface area contributed by atoms with Crippen LogP contribution in [0.15, 0.2) is 34.6 Å². The van der Waals surface area contributed by atoms with Gasteiger partial charge in [0.15, 0.2) is 5.16 Å². The van der Waals surface area contributed by atoms with Gasteiger partial charge in [-0.15, -0.1) is 10.2 Å². The van der Waals surface area contributed by atoms with Gasteiger partial charge in [0.1, 0.15) is 6.33 Å². The van der Waals surface area contributed by atoms with Crippen LogP contribution in [0.3, 0.4) is 0 Å². The molecular weight excluding hydrogens is 292 g/mol. The van der Waals surface area contributed by atoms with Crippen molar-refractivity contribution in [1.29, 1.82) is 0 Å². The molecule has 0 saturated heterocycles. The Morgan fingerprint density at radius 1 is 1.40 bits per heavy atom. The van der Waals surface area contributed by atoms with E-state index in [2.05, 4.69) is 41.5 Å². The number of hydrogen-bond donors (Lipinski definition) is 1. The van der Waals surface area contributed by atoms with Crippen LogP contribution in [0.25, 0.3) is 0 Å². The minimum absolute atomic E-state index is 0.638.